The van der Waals surface area contributed by atoms with Crippen LogP contribution in [0.5, 0.6) is 5.75 Å². The number of hydrogen-bond acceptors (Lipinski definition) is 8. The zero-order valence-corrected chi connectivity index (χ0v) is 22.5. The number of nitrogens with zero attached hydrogens (tertiary/aromatic N) is 1. The molecule has 0 saturated heterocycles. The Morgan fingerprint density at radius 3 is 2.17 bits per heavy atom. The number of benzene rings is 2. The van der Waals surface area contributed by atoms with Crippen molar-refractivity contribution in [3.05, 3.63) is 65.0 Å². The fraction of sp³-hybridized carbons (Fsp3) is 0.444. The van der Waals surface area contributed by atoms with E-state index in [1.807, 2.05) is 0 Å². The highest BCUT2D eigenvalue weighted by atomic mass is 19.4. The van der Waals surface area contributed by atoms with Crippen molar-refractivity contribution in [2.45, 2.75) is 44.1 Å². The minimum absolute atomic E-state index is 0.0731. The normalized spacial score (nSPS) is 13.7. The molecule has 0 saturated carbocycles. The number of ketones is 1. The number of halogens is 4. The Morgan fingerprint density at radius 1 is 1.05 bits per heavy atom. The molecular weight excluding hydrogens is 550 g/mol. The first-order valence-electron chi connectivity index (χ1n) is 12.8. The van der Waals surface area contributed by atoms with Crippen LogP contribution in [-0.2, 0) is 27.0 Å². The minimum Gasteiger partial charge on any atom is -0.494 e. The van der Waals surface area contributed by atoms with Gasteiger partial charge in [-0.1, -0.05) is 18.2 Å². The maximum atomic E-state index is 14.6. The van der Waals surface area contributed by atoms with Gasteiger partial charge >= 0.3 is 6.18 Å². The Bertz CT molecular complexity index is 1170. The van der Waals surface area contributed by atoms with Gasteiger partial charge in [0, 0.05) is 38.7 Å². The number of ether oxygens (including phenoxy) is 1. The second kappa shape index (κ2) is 15.4. The molecule has 14 heteroatoms. The molecule has 0 unspecified atom stereocenters. The monoisotopic (exact) mass is 585 g/mol. The predicted molar refractivity (Wildman–Crippen MR) is 142 cm³/mol. The van der Waals surface area contributed by atoms with Gasteiger partial charge in [-0.2, -0.15) is 13.2 Å². The standard InChI is InChI=1S/C27H35F4N5O5/c1-2-41-19-8-5-17(20(28)14-19)13-22(37)24(25(39)16-3-6-18(7-4-16)27(29,30)31)35-26(40)21(34)15-23(38)36(11-9-32)12-10-33/h3-8,14,21,24-25,39H,2,9-13,15,32-34H2,1H3,(H,35,40)/t21-,24+,25+/m0/s1. The number of rotatable bonds is 15. The van der Waals surface area contributed by atoms with Crippen LogP contribution in [-0.4, -0.2) is 72.5 Å². The number of carbonyl (C=O) groups excluding carboxylic acids is 3. The van der Waals surface area contributed by atoms with Crippen LogP contribution in [0.15, 0.2) is 42.5 Å². The molecule has 2 rings (SSSR count). The van der Waals surface area contributed by atoms with E-state index in [4.69, 9.17) is 21.9 Å². The maximum Gasteiger partial charge on any atom is 0.416 e. The van der Waals surface area contributed by atoms with E-state index in [1.165, 1.54) is 17.0 Å². The molecule has 0 aliphatic carbocycles. The number of Topliss-reactive ketones (excluding diaryl/α,β-unsaturated/α-hetero) is 1. The van der Waals surface area contributed by atoms with Crippen molar-refractivity contribution in [1.29, 1.82) is 0 Å². The molecule has 41 heavy (non-hydrogen) atoms. The van der Waals surface area contributed by atoms with Crippen LogP contribution in [0.2, 0.25) is 0 Å². The zero-order chi connectivity index (χ0) is 30.7. The second-order valence-electron chi connectivity index (χ2n) is 9.15. The molecule has 0 heterocycles. The minimum atomic E-state index is -4.64. The van der Waals surface area contributed by atoms with Gasteiger partial charge in [0.15, 0.2) is 5.78 Å². The van der Waals surface area contributed by atoms with E-state index in [9.17, 15) is 37.1 Å². The molecule has 10 nitrogen and oxygen atoms in total. The fourth-order valence-electron chi connectivity index (χ4n) is 3.97. The smallest absolute Gasteiger partial charge is 0.416 e. The summed E-state index contributed by atoms with van der Waals surface area (Å²) in [5, 5.41) is 13.3. The SMILES string of the molecule is CCOc1ccc(CC(=O)[C@@H](NC(=O)[C@@H](N)CC(=O)N(CCN)CCN)[C@H](O)c2ccc(C(F)(F)F)cc2)c(F)c1. The molecule has 0 aliphatic heterocycles. The van der Waals surface area contributed by atoms with E-state index in [0.717, 1.165) is 18.2 Å². The van der Waals surface area contributed by atoms with Crippen LogP contribution >= 0.6 is 0 Å². The van der Waals surface area contributed by atoms with Gasteiger partial charge < -0.3 is 37.3 Å². The highest BCUT2D eigenvalue weighted by Crippen LogP contribution is 2.30. The van der Waals surface area contributed by atoms with Gasteiger partial charge in [-0.15, -0.1) is 0 Å². The summed E-state index contributed by atoms with van der Waals surface area (Å²) in [5.41, 5.74) is 15.7. The average Bonchev–Trinajstić information content (AvgIpc) is 2.92. The first-order chi connectivity index (χ1) is 19.3. The Hall–Kier alpha value is -3.59. The fourth-order valence-corrected chi connectivity index (χ4v) is 3.97. The summed E-state index contributed by atoms with van der Waals surface area (Å²) < 4.78 is 58.9. The lowest BCUT2D eigenvalue weighted by Gasteiger charge is -2.26. The number of nitrogens with one attached hydrogen (secondary N) is 1. The Labute approximate surface area is 234 Å². The second-order valence-corrected chi connectivity index (χ2v) is 9.15. The molecule has 0 bridgehead atoms. The van der Waals surface area contributed by atoms with Crippen LogP contribution in [0, 0.1) is 5.82 Å². The molecule has 0 aromatic heterocycles. The van der Waals surface area contributed by atoms with E-state index in [-0.39, 0.29) is 49.7 Å². The zero-order valence-electron chi connectivity index (χ0n) is 22.5. The van der Waals surface area contributed by atoms with Crippen LogP contribution in [0.25, 0.3) is 0 Å². The van der Waals surface area contributed by atoms with Crippen LogP contribution < -0.4 is 27.3 Å². The number of alkyl halides is 3. The van der Waals surface area contributed by atoms with E-state index in [1.54, 1.807) is 6.92 Å². The predicted octanol–water partition coefficient (Wildman–Crippen LogP) is 1.04. The maximum absolute atomic E-state index is 14.6. The van der Waals surface area contributed by atoms with Crippen molar-refractivity contribution in [1.82, 2.24) is 10.2 Å². The molecule has 226 valence electrons. The summed E-state index contributed by atoms with van der Waals surface area (Å²) in [6.07, 6.45) is -7.53. The van der Waals surface area contributed by atoms with E-state index in [0.29, 0.717) is 12.1 Å². The highest BCUT2D eigenvalue weighted by Gasteiger charge is 2.34. The Morgan fingerprint density at radius 2 is 1.66 bits per heavy atom. The number of carbonyl (C=O) groups is 3. The number of aliphatic hydroxyl groups excluding tert-OH is 1. The van der Waals surface area contributed by atoms with Crippen molar-refractivity contribution in [3.8, 4) is 5.75 Å². The third-order valence-electron chi connectivity index (χ3n) is 6.12. The molecule has 0 aliphatic rings. The van der Waals surface area contributed by atoms with Crippen molar-refractivity contribution < 1.29 is 41.8 Å². The quantitative estimate of drug-likeness (QED) is 0.193. The third kappa shape index (κ3) is 9.78. The summed E-state index contributed by atoms with van der Waals surface area (Å²) in [6.45, 7) is 2.62. The summed E-state index contributed by atoms with van der Waals surface area (Å²) in [6, 6.07) is 3.94. The summed E-state index contributed by atoms with van der Waals surface area (Å²) in [4.78, 5) is 40.1. The van der Waals surface area contributed by atoms with Gasteiger partial charge in [-0.3, -0.25) is 14.4 Å². The van der Waals surface area contributed by atoms with Crippen LogP contribution in [0.3, 0.4) is 0 Å². The molecule has 8 N–H and O–H groups in total. The lowest BCUT2D eigenvalue weighted by atomic mass is 9.93. The Kier molecular flexibility index (Phi) is 12.6. The number of amides is 2. The lowest BCUT2D eigenvalue weighted by Crippen LogP contribution is -2.52. The van der Waals surface area contributed by atoms with Crippen LogP contribution in [0.4, 0.5) is 17.6 Å². The number of hydrogen-bond donors (Lipinski definition) is 5. The summed E-state index contributed by atoms with van der Waals surface area (Å²) in [5.74, 6) is -2.92. The van der Waals surface area contributed by atoms with Crippen molar-refractivity contribution in [3.63, 3.8) is 0 Å². The topological polar surface area (TPSA) is 174 Å². The van der Waals surface area contributed by atoms with Gasteiger partial charge in [0.05, 0.1) is 24.6 Å². The van der Waals surface area contributed by atoms with E-state index < -0.39 is 66.2 Å². The van der Waals surface area contributed by atoms with Crippen molar-refractivity contribution in [2.24, 2.45) is 17.2 Å². The molecule has 0 radical (unpaired) electrons. The van der Waals surface area contributed by atoms with E-state index >= 15 is 0 Å². The van der Waals surface area contributed by atoms with E-state index in [2.05, 4.69) is 5.32 Å². The molecular formula is C27H35F4N5O5. The molecule has 0 spiro atoms. The molecule has 2 aromatic carbocycles. The number of nitrogens with two attached hydrogens (primary N) is 3. The van der Waals surface area contributed by atoms with Gasteiger partial charge in [0.2, 0.25) is 11.8 Å². The first-order valence-corrected chi connectivity index (χ1v) is 12.8. The third-order valence-corrected chi connectivity index (χ3v) is 6.12. The molecule has 2 aromatic rings. The van der Waals surface area contributed by atoms with Gasteiger partial charge in [-0.25, -0.2) is 4.39 Å². The molecule has 2 amide bonds. The van der Waals surface area contributed by atoms with Gasteiger partial charge in [-0.05, 0) is 36.2 Å². The van der Waals surface area contributed by atoms with Crippen molar-refractivity contribution >= 4 is 17.6 Å². The van der Waals surface area contributed by atoms with Crippen LogP contribution in [0.1, 0.15) is 36.1 Å². The molecule has 0 fully saturated rings. The highest BCUT2D eigenvalue weighted by molar-refractivity contribution is 5.94. The van der Waals surface area contributed by atoms with Gasteiger partial charge in [0.25, 0.3) is 0 Å². The number of aliphatic hydroxyl groups is 1. The van der Waals surface area contributed by atoms with Crippen molar-refractivity contribution in [2.75, 3.05) is 32.8 Å². The summed E-state index contributed by atoms with van der Waals surface area (Å²) in [7, 11) is 0. The average molecular weight is 586 g/mol. The first kappa shape index (κ1) is 33.6. The summed E-state index contributed by atoms with van der Waals surface area (Å²) >= 11 is 0. The Balaban J connectivity index is 2.30. The largest absolute Gasteiger partial charge is 0.494 e. The molecule has 3 atom stereocenters. The van der Waals surface area contributed by atoms with Gasteiger partial charge in [0.1, 0.15) is 23.7 Å². The lowest BCUT2D eigenvalue weighted by molar-refractivity contribution is -0.137.